The molecule has 0 aliphatic heterocycles. The summed E-state index contributed by atoms with van der Waals surface area (Å²) in [6.07, 6.45) is 1.88. The number of imidazole rings is 1. The van der Waals surface area contributed by atoms with E-state index in [1.165, 1.54) is 11.1 Å². The van der Waals surface area contributed by atoms with Crippen LogP contribution >= 0.6 is 0 Å². The first kappa shape index (κ1) is 32.0. The van der Waals surface area contributed by atoms with Crippen LogP contribution in [0.4, 0.5) is 0 Å². The van der Waals surface area contributed by atoms with Crippen molar-refractivity contribution in [3.63, 3.8) is 0 Å². The molecule has 0 saturated carbocycles. The Labute approximate surface area is 289 Å². The van der Waals surface area contributed by atoms with Gasteiger partial charge < -0.3 is 9.67 Å². The number of hydrogen-bond donors (Lipinski definition) is 1. The number of nitrogens with zero attached hydrogens (tertiary/aromatic N) is 4. The molecule has 5 heteroatoms. The first-order valence-electron chi connectivity index (χ1n) is 16.8. The van der Waals surface area contributed by atoms with E-state index in [1.807, 2.05) is 29.9 Å². The zero-order valence-electron chi connectivity index (χ0n) is 29.3. The van der Waals surface area contributed by atoms with E-state index in [1.54, 1.807) is 0 Å². The number of para-hydroxylation sites is 1. The van der Waals surface area contributed by atoms with Gasteiger partial charge in [-0.2, -0.15) is 0 Å². The topological polar surface area (TPSA) is 63.8 Å². The van der Waals surface area contributed by atoms with Crippen molar-refractivity contribution in [2.24, 2.45) is 7.05 Å². The van der Waals surface area contributed by atoms with Crippen LogP contribution in [0.5, 0.6) is 5.75 Å². The summed E-state index contributed by atoms with van der Waals surface area (Å²) < 4.78 is 2.04. The molecule has 3 heterocycles. The van der Waals surface area contributed by atoms with Crippen molar-refractivity contribution in [3.05, 3.63) is 133 Å². The van der Waals surface area contributed by atoms with Gasteiger partial charge in [0.1, 0.15) is 11.4 Å². The van der Waals surface area contributed by atoms with Crippen molar-refractivity contribution in [1.29, 1.82) is 0 Å². The second-order valence-electron chi connectivity index (χ2n) is 14.9. The van der Waals surface area contributed by atoms with E-state index >= 15 is 0 Å². The molecule has 244 valence electrons. The normalized spacial score (nSPS) is 12.1. The van der Waals surface area contributed by atoms with Crippen LogP contribution in [-0.2, 0) is 17.9 Å². The van der Waals surface area contributed by atoms with Gasteiger partial charge in [-0.05, 0) is 63.6 Å². The SMILES string of the molecule is Cn1c(-c2nc(C(C)(C)C)cc(C(C)(C)C)c2O)nc2c(-c3cccc(-c4cc(-c5ccc(-c6ccccc6)cc5)ccn4)c3)cccc21. The molecule has 0 bridgehead atoms. The van der Waals surface area contributed by atoms with Crippen LogP contribution < -0.4 is 0 Å². The number of hydrogen-bond acceptors (Lipinski definition) is 4. The van der Waals surface area contributed by atoms with E-state index in [9.17, 15) is 5.11 Å². The van der Waals surface area contributed by atoms with Gasteiger partial charge in [0.15, 0.2) is 5.82 Å². The largest absolute Gasteiger partial charge is 0.505 e. The number of aromatic nitrogens is 4. The van der Waals surface area contributed by atoms with Gasteiger partial charge in [-0.3, -0.25) is 4.98 Å². The Morgan fingerprint density at radius 2 is 1.20 bits per heavy atom. The number of benzene rings is 4. The average Bonchev–Trinajstić information content (AvgIpc) is 3.44. The van der Waals surface area contributed by atoms with Crippen molar-refractivity contribution in [1.82, 2.24) is 19.5 Å². The maximum Gasteiger partial charge on any atom is 0.163 e. The summed E-state index contributed by atoms with van der Waals surface area (Å²) in [7, 11) is 1.99. The molecular formula is C44H42N4O. The van der Waals surface area contributed by atoms with Crippen LogP contribution in [0.3, 0.4) is 0 Å². The van der Waals surface area contributed by atoms with Gasteiger partial charge in [0.25, 0.3) is 0 Å². The van der Waals surface area contributed by atoms with E-state index in [4.69, 9.17) is 15.0 Å². The minimum Gasteiger partial charge on any atom is -0.505 e. The maximum absolute atomic E-state index is 11.6. The van der Waals surface area contributed by atoms with Crippen LogP contribution in [0.1, 0.15) is 52.8 Å². The van der Waals surface area contributed by atoms with Gasteiger partial charge in [0.2, 0.25) is 0 Å². The van der Waals surface area contributed by atoms with E-state index < -0.39 is 0 Å². The number of aryl methyl sites for hydroxylation is 1. The van der Waals surface area contributed by atoms with Gasteiger partial charge in [0, 0.05) is 41.0 Å². The third kappa shape index (κ3) is 6.13. The summed E-state index contributed by atoms with van der Waals surface area (Å²) >= 11 is 0. The summed E-state index contributed by atoms with van der Waals surface area (Å²) in [5, 5.41) is 11.6. The molecule has 0 unspecified atom stereocenters. The molecule has 0 amide bonds. The van der Waals surface area contributed by atoms with E-state index in [0.717, 1.165) is 55.8 Å². The first-order chi connectivity index (χ1) is 23.4. The second kappa shape index (κ2) is 12.2. The third-order valence-electron chi connectivity index (χ3n) is 9.25. The summed E-state index contributed by atoms with van der Waals surface area (Å²) in [6.45, 7) is 12.8. The van der Waals surface area contributed by atoms with Crippen molar-refractivity contribution >= 4 is 11.0 Å². The highest BCUT2D eigenvalue weighted by Gasteiger charge is 2.29. The Morgan fingerprint density at radius 3 is 1.90 bits per heavy atom. The first-order valence-corrected chi connectivity index (χ1v) is 16.8. The quantitative estimate of drug-likeness (QED) is 0.203. The molecule has 7 aromatic rings. The smallest absolute Gasteiger partial charge is 0.163 e. The molecular weight excluding hydrogens is 601 g/mol. The Bertz CT molecular complexity index is 2300. The van der Waals surface area contributed by atoms with Crippen molar-refractivity contribution in [2.75, 3.05) is 0 Å². The highest BCUT2D eigenvalue weighted by atomic mass is 16.3. The van der Waals surface area contributed by atoms with Crippen molar-refractivity contribution < 1.29 is 5.11 Å². The van der Waals surface area contributed by atoms with E-state index in [-0.39, 0.29) is 16.6 Å². The molecule has 3 aromatic heterocycles. The predicted molar refractivity (Wildman–Crippen MR) is 203 cm³/mol. The summed E-state index contributed by atoms with van der Waals surface area (Å²) in [4.78, 5) is 15.0. The Hall–Kier alpha value is -5.55. The molecule has 0 saturated heterocycles. The molecule has 7 rings (SSSR count). The van der Waals surface area contributed by atoms with Gasteiger partial charge in [-0.1, -0.05) is 126 Å². The lowest BCUT2D eigenvalue weighted by Crippen LogP contribution is -2.19. The van der Waals surface area contributed by atoms with Gasteiger partial charge in [-0.15, -0.1) is 0 Å². The van der Waals surface area contributed by atoms with Crippen molar-refractivity contribution in [3.8, 4) is 61.9 Å². The summed E-state index contributed by atoms with van der Waals surface area (Å²) in [5.74, 6) is 0.823. The maximum atomic E-state index is 11.6. The zero-order chi connectivity index (χ0) is 34.5. The molecule has 4 aromatic carbocycles. The number of rotatable bonds is 5. The van der Waals surface area contributed by atoms with Crippen LogP contribution in [0.15, 0.2) is 121 Å². The van der Waals surface area contributed by atoms with Crippen molar-refractivity contribution in [2.45, 2.75) is 52.4 Å². The minimum absolute atomic E-state index is 0.183. The molecule has 0 radical (unpaired) electrons. The van der Waals surface area contributed by atoms with Gasteiger partial charge in [-0.25, -0.2) is 9.97 Å². The van der Waals surface area contributed by atoms with Crippen LogP contribution in [0.25, 0.3) is 67.2 Å². The van der Waals surface area contributed by atoms with E-state index in [0.29, 0.717) is 11.5 Å². The number of aromatic hydroxyl groups is 1. The lowest BCUT2D eigenvalue weighted by Gasteiger charge is -2.26. The monoisotopic (exact) mass is 642 g/mol. The lowest BCUT2D eigenvalue weighted by molar-refractivity contribution is 0.441. The molecule has 0 aliphatic carbocycles. The highest BCUT2D eigenvalue weighted by molar-refractivity contribution is 5.95. The molecule has 1 N–H and O–H groups in total. The molecule has 0 spiro atoms. The zero-order valence-corrected chi connectivity index (χ0v) is 29.3. The standard InChI is InChI=1S/C44H42N4O/c1-43(2,3)35-27-38(44(4,5)6)46-40(41(35)49)42-47-39-34(17-12-18-37(39)48(42)7)32-15-11-16-33(25-32)36-26-31(23-24-45-36)30-21-19-29(20-22-30)28-13-9-8-10-14-28/h8-27,49H,1-7H3. The average molecular weight is 643 g/mol. The third-order valence-corrected chi connectivity index (χ3v) is 9.25. The minimum atomic E-state index is -0.269. The van der Waals surface area contributed by atoms with Gasteiger partial charge >= 0.3 is 0 Å². The van der Waals surface area contributed by atoms with Gasteiger partial charge in [0.05, 0.1) is 16.7 Å². The summed E-state index contributed by atoms with van der Waals surface area (Å²) in [5.41, 5.74) is 12.3. The lowest BCUT2D eigenvalue weighted by atomic mass is 9.82. The molecule has 5 nitrogen and oxygen atoms in total. The molecule has 49 heavy (non-hydrogen) atoms. The predicted octanol–water partition coefficient (Wildman–Crippen LogP) is 11.0. The molecule has 0 aliphatic rings. The fourth-order valence-corrected chi connectivity index (χ4v) is 6.41. The number of fused-ring (bicyclic) bond motifs is 1. The Balaban J connectivity index is 1.28. The Morgan fingerprint density at radius 1 is 0.571 bits per heavy atom. The van der Waals surface area contributed by atoms with Crippen LogP contribution in [0.2, 0.25) is 0 Å². The second-order valence-corrected chi connectivity index (χ2v) is 14.9. The number of pyridine rings is 2. The van der Waals surface area contributed by atoms with E-state index in [2.05, 4.69) is 145 Å². The fourth-order valence-electron chi connectivity index (χ4n) is 6.41. The van der Waals surface area contributed by atoms with Crippen LogP contribution in [-0.4, -0.2) is 24.6 Å². The fraction of sp³-hybridized carbons (Fsp3) is 0.205. The molecule has 0 atom stereocenters. The van der Waals surface area contributed by atoms with Crippen LogP contribution in [0, 0.1) is 0 Å². The molecule has 0 fully saturated rings. The Kier molecular flexibility index (Phi) is 7.95. The summed E-state index contributed by atoms with van der Waals surface area (Å²) in [6, 6.07) is 40.1. The highest BCUT2D eigenvalue weighted by Crippen LogP contribution is 2.41.